The van der Waals surface area contributed by atoms with Crippen molar-refractivity contribution in [1.82, 2.24) is 5.32 Å². The van der Waals surface area contributed by atoms with Gasteiger partial charge in [0.2, 0.25) is 5.91 Å². The van der Waals surface area contributed by atoms with E-state index >= 15 is 0 Å². The molecule has 0 saturated carbocycles. The number of aryl methyl sites for hydroxylation is 1. The van der Waals surface area contributed by atoms with Gasteiger partial charge in [-0.3, -0.25) is 19.9 Å². The fraction of sp³-hybridized carbons (Fsp3) is 0.190. The van der Waals surface area contributed by atoms with E-state index in [1.165, 1.54) is 6.07 Å². The molecule has 8 nitrogen and oxygen atoms in total. The van der Waals surface area contributed by atoms with Crippen LogP contribution >= 0.6 is 0 Å². The summed E-state index contributed by atoms with van der Waals surface area (Å²) in [5, 5.41) is 2.17. The summed E-state index contributed by atoms with van der Waals surface area (Å²) in [6, 6.07) is 12.3. The number of aliphatic imine (C=N–C) groups is 1. The molecule has 3 rings (SSSR count). The van der Waals surface area contributed by atoms with Crippen molar-refractivity contribution in [3.05, 3.63) is 59.7 Å². The molecule has 29 heavy (non-hydrogen) atoms. The number of anilines is 1. The predicted molar refractivity (Wildman–Crippen MR) is 106 cm³/mol. The van der Waals surface area contributed by atoms with Crippen molar-refractivity contribution < 1.29 is 23.9 Å². The van der Waals surface area contributed by atoms with Crippen LogP contribution in [0.25, 0.3) is 0 Å². The average Bonchev–Trinajstić information content (AvgIpc) is 2.68. The second-order valence-corrected chi connectivity index (χ2v) is 6.33. The number of benzene rings is 2. The van der Waals surface area contributed by atoms with Crippen molar-refractivity contribution in [1.29, 1.82) is 0 Å². The van der Waals surface area contributed by atoms with Gasteiger partial charge in [0.05, 0.1) is 23.5 Å². The van der Waals surface area contributed by atoms with Gasteiger partial charge in [-0.2, -0.15) is 0 Å². The minimum absolute atomic E-state index is 0.242. The third-order valence-corrected chi connectivity index (χ3v) is 4.19. The topological polar surface area (TPSA) is 105 Å². The fourth-order valence-corrected chi connectivity index (χ4v) is 2.82. The smallest absolute Gasteiger partial charge is 0.338 e. The molecule has 0 aliphatic carbocycles. The highest BCUT2D eigenvalue weighted by molar-refractivity contribution is 6.32. The quantitative estimate of drug-likeness (QED) is 0.478. The molecule has 2 aromatic rings. The Morgan fingerprint density at radius 1 is 1.17 bits per heavy atom. The van der Waals surface area contributed by atoms with Gasteiger partial charge in [-0.05, 0) is 49.7 Å². The summed E-state index contributed by atoms with van der Waals surface area (Å²) in [4.78, 5) is 54.1. The number of ether oxygens (including phenoxy) is 1. The number of imide groups is 2. The van der Waals surface area contributed by atoms with Crippen LogP contribution in [0.15, 0.2) is 53.5 Å². The van der Waals surface area contributed by atoms with Crippen LogP contribution in [0, 0.1) is 12.8 Å². The van der Waals surface area contributed by atoms with E-state index in [1.807, 2.05) is 13.0 Å². The lowest BCUT2D eigenvalue weighted by atomic mass is 10.1. The number of hydrogen-bond donors (Lipinski definition) is 1. The first kappa shape index (κ1) is 19.9. The molecule has 2 aromatic carbocycles. The molecule has 1 N–H and O–H groups in total. The molecule has 1 saturated heterocycles. The second kappa shape index (κ2) is 8.47. The number of nitrogens with zero attached hydrogens (tertiary/aromatic N) is 2. The minimum Gasteiger partial charge on any atom is -0.462 e. The Balaban J connectivity index is 1.85. The van der Waals surface area contributed by atoms with Crippen molar-refractivity contribution in [3.63, 3.8) is 0 Å². The Labute approximate surface area is 167 Å². The molecule has 8 heteroatoms. The summed E-state index contributed by atoms with van der Waals surface area (Å²) in [5.41, 5.74) is 1.90. The number of amides is 4. The van der Waals surface area contributed by atoms with Crippen LogP contribution in [0.5, 0.6) is 0 Å². The van der Waals surface area contributed by atoms with Crippen molar-refractivity contribution in [2.75, 3.05) is 11.5 Å². The predicted octanol–water partition coefficient (Wildman–Crippen LogP) is 2.77. The van der Waals surface area contributed by atoms with Crippen LogP contribution in [0.1, 0.15) is 22.8 Å². The number of rotatable bonds is 5. The van der Waals surface area contributed by atoms with E-state index in [9.17, 15) is 19.2 Å². The number of esters is 1. The molecule has 1 aliphatic rings. The molecule has 0 spiro atoms. The third-order valence-electron chi connectivity index (χ3n) is 4.19. The van der Waals surface area contributed by atoms with Crippen molar-refractivity contribution in [3.8, 4) is 0 Å². The number of nitrogens with one attached hydrogen (secondary N) is 1. The van der Waals surface area contributed by atoms with E-state index in [0.29, 0.717) is 16.9 Å². The monoisotopic (exact) mass is 393 g/mol. The van der Waals surface area contributed by atoms with Gasteiger partial charge >= 0.3 is 12.0 Å². The molecule has 0 unspecified atom stereocenters. The van der Waals surface area contributed by atoms with Gasteiger partial charge in [0.25, 0.3) is 5.91 Å². The Bertz CT molecular complexity index is 1010. The van der Waals surface area contributed by atoms with Gasteiger partial charge in [0, 0.05) is 6.21 Å². The molecular weight excluding hydrogens is 374 g/mol. The largest absolute Gasteiger partial charge is 0.462 e. The maximum Gasteiger partial charge on any atom is 0.338 e. The first-order chi connectivity index (χ1) is 13.9. The highest BCUT2D eigenvalue weighted by Crippen LogP contribution is 2.22. The molecule has 0 aromatic heterocycles. The molecule has 4 amide bonds. The normalized spacial score (nSPS) is 16.8. The Kier molecular flexibility index (Phi) is 5.82. The Hall–Kier alpha value is -3.81. The molecule has 1 fully saturated rings. The molecule has 0 radical (unpaired) electrons. The number of carbonyl (C=O) groups excluding carboxylic acids is 4. The maximum absolute atomic E-state index is 12.8. The number of barbiturate groups is 1. The summed E-state index contributed by atoms with van der Waals surface area (Å²) in [6.07, 6.45) is 1.16. The zero-order chi connectivity index (χ0) is 21.0. The van der Waals surface area contributed by atoms with Gasteiger partial charge in [-0.25, -0.2) is 14.5 Å². The van der Waals surface area contributed by atoms with E-state index in [2.05, 4.69) is 10.3 Å². The average molecular weight is 393 g/mol. The van der Waals surface area contributed by atoms with Crippen LogP contribution in [0.4, 0.5) is 16.2 Å². The van der Waals surface area contributed by atoms with E-state index < -0.39 is 29.7 Å². The van der Waals surface area contributed by atoms with Crippen molar-refractivity contribution in [2.45, 2.75) is 13.8 Å². The molecule has 0 bridgehead atoms. The Morgan fingerprint density at radius 3 is 2.66 bits per heavy atom. The highest BCUT2D eigenvalue weighted by atomic mass is 16.5. The maximum atomic E-state index is 12.8. The Morgan fingerprint density at radius 2 is 1.93 bits per heavy atom. The first-order valence-corrected chi connectivity index (χ1v) is 8.97. The van der Waals surface area contributed by atoms with Crippen molar-refractivity contribution in [2.24, 2.45) is 10.9 Å². The first-order valence-electron chi connectivity index (χ1n) is 8.97. The van der Waals surface area contributed by atoms with Crippen LogP contribution in [0.2, 0.25) is 0 Å². The zero-order valence-electron chi connectivity index (χ0n) is 15.9. The van der Waals surface area contributed by atoms with Crippen LogP contribution < -0.4 is 10.2 Å². The van der Waals surface area contributed by atoms with Crippen molar-refractivity contribution >= 4 is 41.4 Å². The van der Waals surface area contributed by atoms with E-state index in [4.69, 9.17) is 4.74 Å². The lowest BCUT2D eigenvalue weighted by Crippen LogP contribution is -2.58. The van der Waals surface area contributed by atoms with E-state index in [-0.39, 0.29) is 6.61 Å². The van der Waals surface area contributed by atoms with Crippen LogP contribution in [-0.4, -0.2) is 36.6 Å². The van der Waals surface area contributed by atoms with Crippen LogP contribution in [0.3, 0.4) is 0 Å². The summed E-state index contributed by atoms with van der Waals surface area (Å²) in [6.45, 7) is 3.77. The number of hydrogen-bond acceptors (Lipinski definition) is 6. The van der Waals surface area contributed by atoms with Gasteiger partial charge in [0.15, 0.2) is 5.92 Å². The third kappa shape index (κ3) is 4.37. The minimum atomic E-state index is -1.28. The summed E-state index contributed by atoms with van der Waals surface area (Å²) >= 11 is 0. The molecule has 1 atom stereocenters. The fourth-order valence-electron chi connectivity index (χ4n) is 2.82. The molecule has 148 valence electrons. The zero-order valence-corrected chi connectivity index (χ0v) is 15.9. The van der Waals surface area contributed by atoms with E-state index in [0.717, 1.165) is 16.7 Å². The highest BCUT2D eigenvalue weighted by Gasteiger charge is 2.40. The second-order valence-electron chi connectivity index (χ2n) is 6.33. The van der Waals surface area contributed by atoms with Gasteiger partial charge in [-0.15, -0.1) is 0 Å². The van der Waals surface area contributed by atoms with Gasteiger partial charge < -0.3 is 4.74 Å². The van der Waals surface area contributed by atoms with E-state index in [1.54, 1.807) is 43.3 Å². The molecule has 1 heterocycles. The van der Waals surface area contributed by atoms with Crippen LogP contribution in [-0.2, 0) is 14.3 Å². The number of carbonyl (C=O) groups is 4. The summed E-state index contributed by atoms with van der Waals surface area (Å²) in [7, 11) is 0. The number of urea groups is 1. The molecule has 1 aliphatic heterocycles. The summed E-state index contributed by atoms with van der Waals surface area (Å²) < 4.78 is 4.94. The SMILES string of the molecule is CCOC(=O)c1cccc(N=C[C@H]2C(=O)NC(=O)N(c3cccc(C)c3)C2=O)c1. The van der Waals surface area contributed by atoms with Gasteiger partial charge in [-0.1, -0.05) is 18.2 Å². The lowest BCUT2D eigenvalue weighted by molar-refractivity contribution is -0.131. The van der Waals surface area contributed by atoms with Gasteiger partial charge in [0.1, 0.15) is 0 Å². The molecular formula is C21H19N3O5. The lowest BCUT2D eigenvalue weighted by Gasteiger charge is -2.28. The standard InChI is InChI=1S/C21H19N3O5/c1-3-29-20(27)14-7-5-8-15(11-14)22-12-17-18(25)23-21(28)24(19(17)26)16-9-4-6-13(2)10-16/h4-12,17H,3H2,1-2H3,(H,23,25,28)/t17-/m0/s1. The summed E-state index contributed by atoms with van der Waals surface area (Å²) in [5.74, 6) is -3.23.